The quantitative estimate of drug-likeness (QED) is 0.721. The lowest BCUT2D eigenvalue weighted by Gasteiger charge is -2.25. The number of aliphatic carboxylic acids is 1. The molecular weight excluding hydrogens is 318 g/mol. The lowest BCUT2D eigenvalue weighted by Crippen LogP contribution is -2.42. The topological polar surface area (TPSA) is 114 Å². The van der Waals surface area contributed by atoms with Gasteiger partial charge in [0.1, 0.15) is 5.60 Å². The zero-order valence-electron chi connectivity index (χ0n) is 14.3. The van der Waals surface area contributed by atoms with Crippen LogP contribution < -0.4 is 14.8 Å². The number of nitrogens with one attached hydrogen (secondary N) is 1. The Labute approximate surface area is 140 Å². The number of benzene rings is 1. The first kappa shape index (κ1) is 19.6. The summed E-state index contributed by atoms with van der Waals surface area (Å²) in [4.78, 5) is 23.1. The SMILES string of the molecule is COc1ccc([C@H](NC(=O)OC(C)(C)C)[C@H](O)C(=O)O)cc1OC. The molecular formula is C16H23NO7. The molecule has 1 aromatic rings. The van der Waals surface area contributed by atoms with Crippen LogP contribution in [0.1, 0.15) is 32.4 Å². The summed E-state index contributed by atoms with van der Waals surface area (Å²) in [7, 11) is 2.88. The Bertz CT molecular complexity index is 595. The first-order valence-corrected chi connectivity index (χ1v) is 7.21. The average molecular weight is 341 g/mol. The molecule has 3 N–H and O–H groups in total. The van der Waals surface area contributed by atoms with E-state index in [9.17, 15) is 14.7 Å². The van der Waals surface area contributed by atoms with Gasteiger partial charge in [-0.3, -0.25) is 0 Å². The molecule has 0 saturated carbocycles. The molecule has 1 amide bonds. The highest BCUT2D eigenvalue weighted by Gasteiger charge is 2.31. The third kappa shape index (κ3) is 5.31. The number of hydrogen-bond donors (Lipinski definition) is 3. The van der Waals surface area contributed by atoms with Crippen LogP contribution in [0, 0.1) is 0 Å². The fourth-order valence-corrected chi connectivity index (χ4v) is 1.97. The molecule has 0 spiro atoms. The predicted octanol–water partition coefficient (Wildman–Crippen LogP) is 1.72. The van der Waals surface area contributed by atoms with Gasteiger partial charge in [-0.2, -0.15) is 0 Å². The van der Waals surface area contributed by atoms with Crippen molar-refractivity contribution in [2.45, 2.75) is 38.5 Å². The second kappa shape index (κ2) is 7.87. The third-order valence-corrected chi connectivity index (χ3v) is 3.01. The Hall–Kier alpha value is -2.48. The highest BCUT2D eigenvalue weighted by Crippen LogP contribution is 2.31. The van der Waals surface area contributed by atoms with Crippen molar-refractivity contribution in [3.05, 3.63) is 23.8 Å². The molecule has 0 heterocycles. The molecule has 0 aromatic heterocycles. The Morgan fingerprint density at radius 2 is 1.71 bits per heavy atom. The van der Waals surface area contributed by atoms with Crippen molar-refractivity contribution < 1.29 is 34.0 Å². The van der Waals surface area contributed by atoms with Crippen molar-refractivity contribution >= 4 is 12.1 Å². The van der Waals surface area contributed by atoms with Crippen LogP contribution >= 0.6 is 0 Å². The van der Waals surface area contributed by atoms with Crippen LogP contribution in [0.2, 0.25) is 0 Å². The molecule has 2 atom stereocenters. The zero-order chi connectivity index (χ0) is 18.5. The van der Waals surface area contributed by atoms with Gasteiger partial charge in [0.15, 0.2) is 17.6 Å². The number of aliphatic hydroxyl groups is 1. The number of amides is 1. The standard InChI is InChI=1S/C16H23NO7/c1-16(2,3)24-15(21)17-12(13(18)14(19)20)9-6-7-10(22-4)11(8-9)23-5/h6-8,12-13,18H,1-5H3,(H,17,21)(H,19,20)/t12-,13-/m0/s1. The van der Waals surface area contributed by atoms with E-state index < -0.39 is 29.8 Å². The van der Waals surface area contributed by atoms with Crippen molar-refractivity contribution in [1.29, 1.82) is 0 Å². The number of carboxylic acids is 1. The Balaban J connectivity index is 3.15. The lowest BCUT2D eigenvalue weighted by molar-refractivity contribution is -0.148. The minimum absolute atomic E-state index is 0.327. The summed E-state index contributed by atoms with van der Waals surface area (Å²) in [6, 6.07) is 3.33. The van der Waals surface area contributed by atoms with Gasteiger partial charge in [0, 0.05) is 0 Å². The molecule has 24 heavy (non-hydrogen) atoms. The fraction of sp³-hybridized carbons (Fsp3) is 0.500. The minimum Gasteiger partial charge on any atom is -0.493 e. The van der Waals surface area contributed by atoms with E-state index in [0.717, 1.165) is 0 Å². The van der Waals surface area contributed by atoms with E-state index in [1.165, 1.54) is 26.4 Å². The highest BCUT2D eigenvalue weighted by molar-refractivity contribution is 5.76. The van der Waals surface area contributed by atoms with Crippen LogP contribution in [-0.4, -0.2) is 48.2 Å². The second-order valence-corrected chi connectivity index (χ2v) is 6.02. The third-order valence-electron chi connectivity index (χ3n) is 3.01. The zero-order valence-corrected chi connectivity index (χ0v) is 14.3. The van der Waals surface area contributed by atoms with Crippen molar-refractivity contribution in [2.75, 3.05) is 14.2 Å². The van der Waals surface area contributed by atoms with Gasteiger partial charge in [-0.25, -0.2) is 9.59 Å². The van der Waals surface area contributed by atoms with Gasteiger partial charge in [-0.1, -0.05) is 6.07 Å². The molecule has 1 rings (SSSR count). The molecule has 0 aliphatic heterocycles. The number of aliphatic hydroxyl groups excluding tert-OH is 1. The summed E-state index contributed by atoms with van der Waals surface area (Å²) in [6.45, 7) is 5.02. The summed E-state index contributed by atoms with van der Waals surface area (Å²) >= 11 is 0. The van der Waals surface area contributed by atoms with E-state index in [-0.39, 0.29) is 0 Å². The number of rotatable bonds is 6. The van der Waals surface area contributed by atoms with Gasteiger partial charge < -0.3 is 29.7 Å². The van der Waals surface area contributed by atoms with E-state index in [2.05, 4.69) is 5.32 Å². The normalized spacial score (nSPS) is 13.6. The number of ether oxygens (including phenoxy) is 3. The number of methoxy groups -OCH3 is 2. The van der Waals surface area contributed by atoms with E-state index in [4.69, 9.17) is 19.3 Å². The van der Waals surface area contributed by atoms with Gasteiger partial charge in [0.2, 0.25) is 0 Å². The summed E-state index contributed by atoms with van der Waals surface area (Å²) in [5.74, 6) is -0.712. The number of carbonyl (C=O) groups excluding carboxylic acids is 1. The van der Waals surface area contributed by atoms with Gasteiger partial charge in [-0.15, -0.1) is 0 Å². The molecule has 0 unspecified atom stereocenters. The molecule has 0 fully saturated rings. The highest BCUT2D eigenvalue weighted by atomic mass is 16.6. The molecule has 0 saturated heterocycles. The molecule has 8 heteroatoms. The number of alkyl carbamates (subject to hydrolysis) is 1. The van der Waals surface area contributed by atoms with Gasteiger partial charge >= 0.3 is 12.1 Å². The second-order valence-electron chi connectivity index (χ2n) is 6.02. The molecule has 8 nitrogen and oxygen atoms in total. The van der Waals surface area contributed by atoms with Gasteiger partial charge in [0.05, 0.1) is 20.3 Å². The van der Waals surface area contributed by atoms with Crippen molar-refractivity contribution in [1.82, 2.24) is 5.32 Å². The fourth-order valence-electron chi connectivity index (χ4n) is 1.97. The van der Waals surface area contributed by atoms with Crippen molar-refractivity contribution in [2.24, 2.45) is 0 Å². The van der Waals surface area contributed by atoms with Crippen LogP contribution in [-0.2, 0) is 9.53 Å². The summed E-state index contributed by atoms with van der Waals surface area (Å²) in [6.07, 6.45) is -2.71. The largest absolute Gasteiger partial charge is 0.493 e. The summed E-state index contributed by atoms with van der Waals surface area (Å²) in [5, 5.41) is 21.4. The van der Waals surface area contributed by atoms with Crippen LogP contribution in [0.25, 0.3) is 0 Å². The minimum atomic E-state index is -1.87. The van der Waals surface area contributed by atoms with Gasteiger partial charge in [0.25, 0.3) is 0 Å². The monoisotopic (exact) mass is 341 g/mol. The first-order chi connectivity index (χ1) is 11.1. The van der Waals surface area contributed by atoms with E-state index in [0.29, 0.717) is 17.1 Å². The van der Waals surface area contributed by atoms with Crippen LogP contribution in [0.4, 0.5) is 4.79 Å². The lowest BCUT2D eigenvalue weighted by atomic mass is 10.0. The number of carboxylic acid groups (broad SMARTS) is 1. The molecule has 0 aliphatic carbocycles. The Kier molecular flexibility index (Phi) is 6.42. The Morgan fingerprint density at radius 3 is 2.17 bits per heavy atom. The maximum atomic E-state index is 12.0. The van der Waals surface area contributed by atoms with E-state index in [1.54, 1.807) is 26.8 Å². The van der Waals surface area contributed by atoms with Crippen LogP contribution in [0.3, 0.4) is 0 Å². The molecule has 134 valence electrons. The van der Waals surface area contributed by atoms with Crippen LogP contribution in [0.5, 0.6) is 11.5 Å². The Morgan fingerprint density at radius 1 is 1.12 bits per heavy atom. The maximum Gasteiger partial charge on any atom is 0.408 e. The van der Waals surface area contributed by atoms with E-state index in [1.807, 2.05) is 0 Å². The predicted molar refractivity (Wildman–Crippen MR) is 85.3 cm³/mol. The summed E-state index contributed by atoms with van der Waals surface area (Å²) < 4.78 is 15.4. The van der Waals surface area contributed by atoms with Gasteiger partial charge in [-0.05, 0) is 38.5 Å². The molecule has 0 aliphatic rings. The smallest absolute Gasteiger partial charge is 0.408 e. The molecule has 0 radical (unpaired) electrons. The molecule has 1 aromatic carbocycles. The van der Waals surface area contributed by atoms with Crippen molar-refractivity contribution in [3.63, 3.8) is 0 Å². The number of carbonyl (C=O) groups is 2. The molecule has 0 bridgehead atoms. The summed E-state index contributed by atoms with van der Waals surface area (Å²) in [5.41, 5.74) is -0.436. The van der Waals surface area contributed by atoms with Crippen molar-refractivity contribution in [3.8, 4) is 11.5 Å². The average Bonchev–Trinajstić information content (AvgIpc) is 2.49. The number of hydrogen-bond acceptors (Lipinski definition) is 6. The van der Waals surface area contributed by atoms with Crippen LogP contribution in [0.15, 0.2) is 18.2 Å². The van der Waals surface area contributed by atoms with E-state index >= 15 is 0 Å². The maximum absolute atomic E-state index is 12.0. The first-order valence-electron chi connectivity index (χ1n) is 7.21.